The smallest absolute Gasteiger partial charge is 0.175 e. The molecule has 0 fully saturated rings. The Morgan fingerprint density at radius 2 is 2.24 bits per heavy atom. The van der Waals surface area contributed by atoms with E-state index in [1.54, 1.807) is 12.5 Å². The van der Waals surface area contributed by atoms with Crippen molar-refractivity contribution in [3.63, 3.8) is 0 Å². The molecule has 0 aliphatic heterocycles. The van der Waals surface area contributed by atoms with Crippen molar-refractivity contribution in [3.05, 3.63) is 27.7 Å². The summed E-state index contributed by atoms with van der Waals surface area (Å²) in [5.41, 5.74) is 1.32. The lowest BCUT2D eigenvalue weighted by Gasteiger charge is -2.12. The Bertz CT molecular complexity index is 656. The SMILES string of the molecule is CCOc1c(Br)cc(-c2nc(CC(=O)[O-])cs2)cc1OC. The maximum atomic E-state index is 10.6. The van der Waals surface area contributed by atoms with E-state index in [9.17, 15) is 9.90 Å². The van der Waals surface area contributed by atoms with Gasteiger partial charge in [-0.2, -0.15) is 0 Å². The highest BCUT2D eigenvalue weighted by atomic mass is 79.9. The number of aliphatic carboxylic acids is 1. The fourth-order valence-corrected chi connectivity index (χ4v) is 3.16. The number of halogens is 1. The van der Waals surface area contributed by atoms with Crippen molar-refractivity contribution < 1.29 is 19.4 Å². The van der Waals surface area contributed by atoms with Crippen LogP contribution in [0.2, 0.25) is 0 Å². The molecule has 0 bridgehead atoms. The maximum absolute atomic E-state index is 10.6. The van der Waals surface area contributed by atoms with Gasteiger partial charge in [0.15, 0.2) is 11.5 Å². The number of thiazole rings is 1. The first kappa shape index (κ1) is 15.8. The van der Waals surface area contributed by atoms with E-state index in [4.69, 9.17) is 9.47 Å². The Morgan fingerprint density at radius 3 is 2.86 bits per heavy atom. The van der Waals surface area contributed by atoms with E-state index in [0.717, 1.165) is 10.0 Å². The van der Waals surface area contributed by atoms with Crippen LogP contribution < -0.4 is 14.6 Å². The second-order valence-corrected chi connectivity index (χ2v) is 5.83. The number of ether oxygens (including phenoxy) is 2. The monoisotopic (exact) mass is 370 g/mol. The molecule has 0 unspecified atom stereocenters. The number of nitrogens with zero attached hydrogens (tertiary/aromatic N) is 1. The molecule has 7 heteroatoms. The van der Waals surface area contributed by atoms with Gasteiger partial charge in [-0.05, 0) is 35.0 Å². The summed E-state index contributed by atoms with van der Waals surface area (Å²) in [6.07, 6.45) is -0.189. The van der Waals surface area contributed by atoms with Crippen molar-refractivity contribution in [2.24, 2.45) is 0 Å². The maximum Gasteiger partial charge on any atom is 0.175 e. The quantitative estimate of drug-likeness (QED) is 0.779. The van der Waals surface area contributed by atoms with Crippen molar-refractivity contribution in [2.45, 2.75) is 13.3 Å². The van der Waals surface area contributed by atoms with Crippen LogP contribution in [0.5, 0.6) is 11.5 Å². The zero-order valence-electron chi connectivity index (χ0n) is 11.5. The van der Waals surface area contributed by atoms with E-state index in [1.807, 2.05) is 19.1 Å². The Kier molecular flexibility index (Phi) is 5.19. The van der Waals surface area contributed by atoms with Crippen LogP contribution in [-0.4, -0.2) is 24.7 Å². The first-order valence-electron chi connectivity index (χ1n) is 6.20. The van der Waals surface area contributed by atoms with Crippen molar-refractivity contribution in [3.8, 4) is 22.1 Å². The topological polar surface area (TPSA) is 71.5 Å². The lowest BCUT2D eigenvalue weighted by molar-refractivity contribution is -0.304. The van der Waals surface area contributed by atoms with Crippen LogP contribution in [0.15, 0.2) is 22.0 Å². The van der Waals surface area contributed by atoms with Gasteiger partial charge in [-0.3, -0.25) is 0 Å². The van der Waals surface area contributed by atoms with Gasteiger partial charge in [0.2, 0.25) is 0 Å². The Morgan fingerprint density at radius 1 is 1.48 bits per heavy atom. The molecule has 0 saturated heterocycles. The molecule has 0 aliphatic rings. The second-order valence-electron chi connectivity index (χ2n) is 4.12. The molecule has 0 atom stereocenters. The Hall–Kier alpha value is -1.60. The lowest BCUT2D eigenvalue weighted by atomic mass is 10.2. The predicted octanol–water partition coefficient (Wildman–Crippen LogP) is 2.27. The van der Waals surface area contributed by atoms with Crippen molar-refractivity contribution in [1.82, 2.24) is 4.98 Å². The molecule has 1 aromatic carbocycles. The average Bonchev–Trinajstić information content (AvgIpc) is 2.88. The summed E-state index contributed by atoms with van der Waals surface area (Å²) in [5.74, 6) is 0.0884. The van der Waals surface area contributed by atoms with Gasteiger partial charge in [-0.25, -0.2) is 4.98 Å². The molecular formula is C14H13BrNO4S-. The predicted molar refractivity (Wildman–Crippen MR) is 81.7 cm³/mol. The minimum atomic E-state index is -1.14. The number of methoxy groups -OCH3 is 1. The molecule has 0 spiro atoms. The fourth-order valence-electron chi connectivity index (χ4n) is 1.80. The standard InChI is InChI=1S/C14H14BrNO4S/c1-3-20-13-10(15)4-8(5-11(13)19-2)14-16-9(7-21-14)6-12(17)18/h4-5,7H,3,6H2,1-2H3,(H,17,18)/p-1. The summed E-state index contributed by atoms with van der Waals surface area (Å²) < 4.78 is 11.6. The third-order valence-corrected chi connectivity index (χ3v) is 4.17. The summed E-state index contributed by atoms with van der Waals surface area (Å²) in [6, 6.07) is 3.69. The average molecular weight is 371 g/mol. The van der Waals surface area contributed by atoms with Crippen LogP contribution in [0.25, 0.3) is 10.6 Å². The highest BCUT2D eigenvalue weighted by Gasteiger charge is 2.14. The Labute approximate surface area is 134 Å². The van der Waals surface area contributed by atoms with Crippen molar-refractivity contribution in [1.29, 1.82) is 0 Å². The molecule has 0 N–H and O–H groups in total. The van der Waals surface area contributed by atoms with Gasteiger partial charge < -0.3 is 19.4 Å². The minimum absolute atomic E-state index is 0.189. The van der Waals surface area contributed by atoms with Gasteiger partial charge in [0.05, 0.1) is 23.9 Å². The van der Waals surface area contributed by atoms with Crippen LogP contribution >= 0.6 is 27.3 Å². The Balaban J connectivity index is 2.38. The second kappa shape index (κ2) is 6.91. The molecular weight excluding hydrogens is 358 g/mol. The summed E-state index contributed by atoms with van der Waals surface area (Å²) in [4.78, 5) is 14.9. The normalized spacial score (nSPS) is 10.4. The summed E-state index contributed by atoms with van der Waals surface area (Å²) in [6.45, 7) is 2.42. The van der Waals surface area contributed by atoms with E-state index in [1.165, 1.54) is 11.3 Å². The number of rotatable bonds is 6. The van der Waals surface area contributed by atoms with Crippen LogP contribution in [0.3, 0.4) is 0 Å². The first-order valence-corrected chi connectivity index (χ1v) is 7.87. The molecule has 1 heterocycles. The molecule has 0 radical (unpaired) electrons. The molecule has 0 saturated carbocycles. The molecule has 1 aromatic heterocycles. The molecule has 21 heavy (non-hydrogen) atoms. The third kappa shape index (κ3) is 3.74. The molecule has 112 valence electrons. The van der Waals surface area contributed by atoms with Gasteiger partial charge in [0, 0.05) is 23.3 Å². The van der Waals surface area contributed by atoms with Gasteiger partial charge in [0.1, 0.15) is 5.01 Å². The highest BCUT2D eigenvalue weighted by Crippen LogP contribution is 2.40. The van der Waals surface area contributed by atoms with E-state index in [2.05, 4.69) is 20.9 Å². The van der Waals surface area contributed by atoms with Crippen molar-refractivity contribution >= 4 is 33.2 Å². The van der Waals surface area contributed by atoms with Gasteiger partial charge in [0.25, 0.3) is 0 Å². The molecule has 0 aliphatic carbocycles. The van der Waals surface area contributed by atoms with E-state index < -0.39 is 5.97 Å². The molecule has 2 rings (SSSR count). The summed E-state index contributed by atoms with van der Waals surface area (Å²) >= 11 is 4.82. The summed E-state index contributed by atoms with van der Waals surface area (Å²) in [7, 11) is 1.57. The number of carboxylic acid groups (broad SMARTS) is 1. The van der Waals surface area contributed by atoms with Gasteiger partial charge >= 0.3 is 0 Å². The highest BCUT2D eigenvalue weighted by molar-refractivity contribution is 9.10. The lowest BCUT2D eigenvalue weighted by Crippen LogP contribution is -2.24. The molecule has 5 nitrogen and oxygen atoms in total. The third-order valence-electron chi connectivity index (χ3n) is 2.64. The molecule has 2 aromatic rings. The number of hydrogen-bond donors (Lipinski definition) is 0. The number of benzene rings is 1. The van der Waals surface area contributed by atoms with Crippen molar-refractivity contribution in [2.75, 3.05) is 13.7 Å². The van der Waals surface area contributed by atoms with Crippen LogP contribution in [-0.2, 0) is 11.2 Å². The fraction of sp³-hybridized carbons (Fsp3) is 0.286. The zero-order chi connectivity index (χ0) is 15.4. The van der Waals surface area contributed by atoms with Gasteiger partial charge in [-0.1, -0.05) is 0 Å². The van der Waals surface area contributed by atoms with Crippen LogP contribution in [0.1, 0.15) is 12.6 Å². The molecule has 0 amide bonds. The first-order chi connectivity index (χ1) is 10.0. The number of carbonyl (C=O) groups is 1. The van der Waals surface area contributed by atoms with E-state index in [0.29, 0.717) is 28.8 Å². The number of aromatic nitrogens is 1. The number of carboxylic acids is 1. The van der Waals surface area contributed by atoms with E-state index in [-0.39, 0.29) is 6.42 Å². The minimum Gasteiger partial charge on any atom is -0.550 e. The van der Waals surface area contributed by atoms with Crippen LogP contribution in [0.4, 0.5) is 0 Å². The van der Waals surface area contributed by atoms with Gasteiger partial charge in [-0.15, -0.1) is 11.3 Å². The summed E-state index contributed by atoms with van der Waals surface area (Å²) in [5, 5.41) is 13.0. The van der Waals surface area contributed by atoms with Crippen LogP contribution in [0, 0.1) is 0 Å². The number of hydrogen-bond acceptors (Lipinski definition) is 6. The largest absolute Gasteiger partial charge is 0.550 e. The number of carbonyl (C=O) groups excluding carboxylic acids is 1. The zero-order valence-corrected chi connectivity index (χ0v) is 13.9. The van der Waals surface area contributed by atoms with E-state index >= 15 is 0 Å².